The molecule has 1 atom stereocenters. The average molecular weight is 374 g/mol. The molecule has 0 saturated heterocycles. The highest BCUT2D eigenvalue weighted by molar-refractivity contribution is 5.85. The topological polar surface area (TPSA) is 23.5 Å². The molecular weight excluding hydrogens is 342 g/mol. The number of hydrogen-bond acceptors (Lipinski definition) is 2. The first-order valence-corrected chi connectivity index (χ1v) is 9.70. The molecule has 2 nitrogen and oxygen atoms in total. The van der Waals surface area contributed by atoms with Crippen molar-refractivity contribution in [2.45, 2.75) is 57.4 Å². The summed E-state index contributed by atoms with van der Waals surface area (Å²) < 4.78 is 0. The third kappa shape index (κ3) is 5.25. The molecule has 142 valence electrons. The van der Waals surface area contributed by atoms with Gasteiger partial charge in [-0.05, 0) is 51.4 Å². The molecule has 0 aromatic heterocycles. The Morgan fingerprint density at radius 1 is 1.04 bits per heavy atom. The highest BCUT2D eigenvalue weighted by Gasteiger charge is 2.22. The monoisotopic (exact) mass is 373 g/mol. The van der Waals surface area contributed by atoms with Gasteiger partial charge in [0, 0.05) is 17.5 Å². The SMILES string of the molecule is Cc1ccc(O)c(C(CCN(C)C2CCCCC2)c2ccccc2)c1.Cl. The molecule has 26 heavy (non-hydrogen) atoms. The van der Waals surface area contributed by atoms with Crippen LogP contribution in [0.1, 0.15) is 61.1 Å². The van der Waals surface area contributed by atoms with Crippen molar-refractivity contribution in [3.8, 4) is 5.75 Å². The Morgan fingerprint density at radius 3 is 2.42 bits per heavy atom. The lowest BCUT2D eigenvalue weighted by atomic mass is 9.86. The fourth-order valence-electron chi connectivity index (χ4n) is 4.18. The molecular formula is C23H32ClNO. The number of phenolic OH excluding ortho intramolecular Hbond substituents is 1. The van der Waals surface area contributed by atoms with Crippen LogP contribution in [0.4, 0.5) is 0 Å². The van der Waals surface area contributed by atoms with Gasteiger partial charge >= 0.3 is 0 Å². The van der Waals surface area contributed by atoms with E-state index in [1.807, 2.05) is 12.1 Å². The zero-order chi connectivity index (χ0) is 17.6. The molecule has 1 unspecified atom stereocenters. The molecule has 1 aliphatic carbocycles. The van der Waals surface area contributed by atoms with Crippen LogP contribution in [0.5, 0.6) is 5.75 Å². The van der Waals surface area contributed by atoms with Gasteiger partial charge in [-0.3, -0.25) is 0 Å². The van der Waals surface area contributed by atoms with E-state index in [4.69, 9.17) is 0 Å². The van der Waals surface area contributed by atoms with Crippen molar-refractivity contribution in [1.29, 1.82) is 0 Å². The van der Waals surface area contributed by atoms with Gasteiger partial charge in [-0.1, -0.05) is 67.3 Å². The summed E-state index contributed by atoms with van der Waals surface area (Å²) in [6.07, 6.45) is 7.85. The number of phenols is 1. The molecule has 2 aromatic rings. The molecule has 0 radical (unpaired) electrons. The summed E-state index contributed by atoms with van der Waals surface area (Å²) in [5.41, 5.74) is 3.55. The lowest BCUT2D eigenvalue weighted by Gasteiger charge is -2.32. The summed E-state index contributed by atoms with van der Waals surface area (Å²) in [6, 6.07) is 17.3. The van der Waals surface area contributed by atoms with E-state index in [1.165, 1.54) is 43.2 Å². The van der Waals surface area contributed by atoms with Crippen molar-refractivity contribution < 1.29 is 5.11 Å². The fourth-order valence-corrected chi connectivity index (χ4v) is 4.18. The smallest absolute Gasteiger partial charge is 0.119 e. The van der Waals surface area contributed by atoms with Crippen molar-refractivity contribution in [2.24, 2.45) is 0 Å². The van der Waals surface area contributed by atoms with Gasteiger partial charge in [-0.2, -0.15) is 0 Å². The van der Waals surface area contributed by atoms with E-state index >= 15 is 0 Å². The number of hydrogen-bond donors (Lipinski definition) is 1. The normalized spacial score (nSPS) is 16.3. The van der Waals surface area contributed by atoms with Crippen LogP contribution in [0.2, 0.25) is 0 Å². The first-order chi connectivity index (χ1) is 12.1. The molecule has 0 aliphatic heterocycles. The lowest BCUT2D eigenvalue weighted by Crippen LogP contribution is -2.34. The molecule has 3 heteroatoms. The van der Waals surface area contributed by atoms with Gasteiger partial charge in [0.15, 0.2) is 0 Å². The number of aryl methyl sites for hydroxylation is 1. The Bertz CT molecular complexity index is 667. The molecule has 1 aliphatic rings. The van der Waals surface area contributed by atoms with Crippen LogP contribution in [-0.4, -0.2) is 29.6 Å². The number of aromatic hydroxyl groups is 1. The zero-order valence-corrected chi connectivity index (χ0v) is 16.8. The van der Waals surface area contributed by atoms with Crippen molar-refractivity contribution in [3.63, 3.8) is 0 Å². The summed E-state index contributed by atoms with van der Waals surface area (Å²) in [7, 11) is 2.27. The van der Waals surface area contributed by atoms with Crippen LogP contribution in [0.3, 0.4) is 0 Å². The van der Waals surface area contributed by atoms with Crippen LogP contribution in [0.25, 0.3) is 0 Å². The number of nitrogens with zero attached hydrogens (tertiary/aromatic N) is 1. The second-order valence-corrected chi connectivity index (χ2v) is 7.59. The van der Waals surface area contributed by atoms with E-state index in [0.717, 1.165) is 24.6 Å². The van der Waals surface area contributed by atoms with Gasteiger partial charge in [0.1, 0.15) is 5.75 Å². The van der Waals surface area contributed by atoms with Crippen molar-refractivity contribution in [2.75, 3.05) is 13.6 Å². The Hall–Kier alpha value is -1.51. The number of rotatable bonds is 6. The van der Waals surface area contributed by atoms with Crippen molar-refractivity contribution in [1.82, 2.24) is 4.90 Å². The van der Waals surface area contributed by atoms with Gasteiger partial charge in [0.25, 0.3) is 0 Å². The number of benzene rings is 2. The molecule has 0 amide bonds. The van der Waals surface area contributed by atoms with Crippen LogP contribution < -0.4 is 0 Å². The molecule has 0 bridgehead atoms. The Labute approximate surface area is 164 Å². The summed E-state index contributed by atoms with van der Waals surface area (Å²) >= 11 is 0. The molecule has 2 aromatic carbocycles. The standard InChI is InChI=1S/C23H31NO.ClH/c1-18-13-14-23(25)22(17-18)21(19-9-5-3-6-10-19)15-16-24(2)20-11-7-4-8-12-20;/h3,5-6,9-10,13-14,17,20-21,25H,4,7-8,11-12,15-16H2,1-2H3;1H. The minimum absolute atomic E-state index is 0. The molecule has 1 saturated carbocycles. The van der Waals surface area contributed by atoms with Crippen molar-refractivity contribution >= 4 is 12.4 Å². The predicted octanol–water partition coefficient (Wildman–Crippen LogP) is 5.91. The summed E-state index contributed by atoms with van der Waals surface area (Å²) in [6.45, 7) is 3.16. The van der Waals surface area contributed by atoms with Crippen molar-refractivity contribution in [3.05, 3.63) is 65.2 Å². The van der Waals surface area contributed by atoms with Crippen LogP contribution >= 0.6 is 12.4 Å². The van der Waals surface area contributed by atoms with E-state index < -0.39 is 0 Å². The van der Waals surface area contributed by atoms with E-state index in [1.54, 1.807) is 0 Å². The maximum atomic E-state index is 10.5. The largest absolute Gasteiger partial charge is 0.508 e. The average Bonchev–Trinajstić information content (AvgIpc) is 2.66. The molecule has 1 fully saturated rings. The molecule has 1 N–H and O–H groups in total. The Balaban J connectivity index is 0.00000243. The second kappa shape index (κ2) is 9.99. The molecule has 3 rings (SSSR count). The van der Waals surface area contributed by atoms with Gasteiger partial charge in [0.05, 0.1) is 0 Å². The molecule has 0 spiro atoms. The minimum Gasteiger partial charge on any atom is -0.508 e. The number of halogens is 1. The van der Waals surface area contributed by atoms with Crippen LogP contribution in [0.15, 0.2) is 48.5 Å². The zero-order valence-electron chi connectivity index (χ0n) is 16.0. The lowest BCUT2D eigenvalue weighted by molar-refractivity contribution is 0.187. The predicted molar refractivity (Wildman–Crippen MR) is 112 cm³/mol. The first kappa shape index (κ1) is 20.8. The van der Waals surface area contributed by atoms with E-state index in [0.29, 0.717) is 5.75 Å². The second-order valence-electron chi connectivity index (χ2n) is 7.59. The third-order valence-electron chi connectivity index (χ3n) is 5.73. The van der Waals surface area contributed by atoms with Gasteiger partial charge in [-0.15, -0.1) is 12.4 Å². The fraction of sp³-hybridized carbons (Fsp3) is 0.478. The van der Waals surface area contributed by atoms with Gasteiger partial charge in [-0.25, -0.2) is 0 Å². The summed E-state index contributed by atoms with van der Waals surface area (Å²) in [5, 5.41) is 10.5. The van der Waals surface area contributed by atoms with E-state index in [2.05, 4.69) is 55.3 Å². The maximum absolute atomic E-state index is 10.5. The summed E-state index contributed by atoms with van der Waals surface area (Å²) in [4.78, 5) is 2.54. The first-order valence-electron chi connectivity index (χ1n) is 9.70. The van der Waals surface area contributed by atoms with E-state index in [-0.39, 0.29) is 18.3 Å². The minimum atomic E-state index is 0. The quantitative estimate of drug-likeness (QED) is 0.680. The Kier molecular flexibility index (Phi) is 7.99. The third-order valence-corrected chi connectivity index (χ3v) is 5.73. The van der Waals surface area contributed by atoms with Gasteiger partial charge < -0.3 is 10.0 Å². The maximum Gasteiger partial charge on any atom is 0.119 e. The Morgan fingerprint density at radius 2 is 1.73 bits per heavy atom. The highest BCUT2D eigenvalue weighted by Crippen LogP contribution is 2.35. The van der Waals surface area contributed by atoms with Gasteiger partial charge in [0.2, 0.25) is 0 Å². The van der Waals surface area contributed by atoms with E-state index in [9.17, 15) is 5.11 Å². The highest BCUT2D eigenvalue weighted by atomic mass is 35.5. The molecule has 0 heterocycles. The summed E-state index contributed by atoms with van der Waals surface area (Å²) in [5.74, 6) is 0.659. The van der Waals surface area contributed by atoms with Crippen LogP contribution in [-0.2, 0) is 0 Å². The van der Waals surface area contributed by atoms with Crippen LogP contribution in [0, 0.1) is 6.92 Å².